The number of carbonyl (C=O) groups excluding carboxylic acids is 1. The lowest BCUT2D eigenvalue weighted by Crippen LogP contribution is -1.95. The third kappa shape index (κ3) is 2.32. The van der Waals surface area contributed by atoms with Crippen molar-refractivity contribution in [3.63, 3.8) is 0 Å². The summed E-state index contributed by atoms with van der Waals surface area (Å²) in [7, 11) is 1.57. The first-order valence-electron chi connectivity index (χ1n) is 5.17. The molecule has 0 aliphatic rings. The Morgan fingerprint density at radius 3 is 2.78 bits per heavy atom. The van der Waals surface area contributed by atoms with Crippen LogP contribution in [-0.2, 0) is 11.3 Å². The van der Waals surface area contributed by atoms with Crippen molar-refractivity contribution in [1.29, 1.82) is 0 Å². The Morgan fingerprint density at radius 2 is 2.11 bits per heavy atom. The van der Waals surface area contributed by atoms with Gasteiger partial charge < -0.3 is 4.74 Å². The molecule has 0 bridgehead atoms. The molecule has 0 amide bonds. The van der Waals surface area contributed by atoms with E-state index < -0.39 is 11.6 Å². The molecule has 1 heterocycles. The first-order valence-corrected chi connectivity index (χ1v) is 6.05. The monoisotopic (exact) mass is 268 g/mol. The highest BCUT2D eigenvalue weighted by Gasteiger charge is 2.15. The Kier molecular flexibility index (Phi) is 3.84. The van der Waals surface area contributed by atoms with Crippen LogP contribution in [0.25, 0.3) is 11.1 Å². The third-order valence-corrected chi connectivity index (χ3v) is 3.40. The zero-order chi connectivity index (χ0) is 13.1. The molecule has 0 aliphatic carbocycles. The minimum absolute atomic E-state index is 0.150. The van der Waals surface area contributed by atoms with Crippen LogP contribution in [-0.4, -0.2) is 13.4 Å². The van der Waals surface area contributed by atoms with Crippen LogP contribution < -0.4 is 0 Å². The summed E-state index contributed by atoms with van der Waals surface area (Å²) in [4.78, 5) is 11.4. The van der Waals surface area contributed by atoms with Gasteiger partial charge in [0.2, 0.25) is 0 Å². The largest absolute Gasteiger partial charge is 0.379 e. The maximum absolute atomic E-state index is 13.8. The quantitative estimate of drug-likeness (QED) is 0.791. The van der Waals surface area contributed by atoms with Crippen molar-refractivity contribution >= 4 is 17.6 Å². The van der Waals surface area contributed by atoms with Crippen LogP contribution in [0.1, 0.15) is 15.2 Å². The van der Waals surface area contributed by atoms with Gasteiger partial charge in [0, 0.05) is 17.6 Å². The smallest absolute Gasteiger partial charge is 0.169 e. The SMILES string of the molecule is COCc1cc(-c2ccc(C=O)c(F)c2F)cs1. The minimum Gasteiger partial charge on any atom is -0.379 e. The van der Waals surface area contributed by atoms with E-state index in [4.69, 9.17) is 4.74 Å². The summed E-state index contributed by atoms with van der Waals surface area (Å²) in [5, 5.41) is 1.73. The van der Waals surface area contributed by atoms with Crippen molar-refractivity contribution in [2.24, 2.45) is 0 Å². The number of benzene rings is 1. The van der Waals surface area contributed by atoms with E-state index in [1.165, 1.54) is 23.5 Å². The van der Waals surface area contributed by atoms with Crippen LogP contribution in [0.5, 0.6) is 0 Å². The van der Waals surface area contributed by atoms with Gasteiger partial charge in [0.15, 0.2) is 17.9 Å². The molecule has 0 unspecified atom stereocenters. The van der Waals surface area contributed by atoms with Crippen molar-refractivity contribution in [2.75, 3.05) is 7.11 Å². The number of halogens is 2. The van der Waals surface area contributed by atoms with Gasteiger partial charge in [-0.05, 0) is 23.1 Å². The van der Waals surface area contributed by atoms with Crippen LogP contribution in [0.4, 0.5) is 8.78 Å². The Bertz CT molecular complexity index is 578. The number of thiophene rings is 1. The molecular formula is C13H10F2O2S. The molecular weight excluding hydrogens is 258 g/mol. The molecule has 2 rings (SSSR count). The second-order valence-electron chi connectivity index (χ2n) is 3.68. The average molecular weight is 268 g/mol. The van der Waals surface area contributed by atoms with Crippen LogP contribution in [0.15, 0.2) is 23.6 Å². The van der Waals surface area contributed by atoms with Crippen LogP contribution in [0.3, 0.4) is 0 Å². The van der Waals surface area contributed by atoms with Crippen molar-refractivity contribution in [3.8, 4) is 11.1 Å². The standard InChI is InChI=1S/C13H10F2O2S/c1-17-6-10-4-9(7-18-10)11-3-2-8(5-16)12(14)13(11)15/h2-5,7H,6H2,1H3. The molecule has 5 heteroatoms. The van der Waals surface area contributed by atoms with E-state index in [2.05, 4.69) is 0 Å². The highest BCUT2D eigenvalue weighted by Crippen LogP contribution is 2.30. The number of carbonyl (C=O) groups is 1. The van der Waals surface area contributed by atoms with Gasteiger partial charge in [-0.2, -0.15) is 0 Å². The highest BCUT2D eigenvalue weighted by molar-refractivity contribution is 7.10. The maximum atomic E-state index is 13.8. The molecule has 2 nitrogen and oxygen atoms in total. The van der Waals surface area contributed by atoms with Gasteiger partial charge in [-0.1, -0.05) is 6.07 Å². The molecule has 0 saturated carbocycles. The van der Waals surface area contributed by atoms with Gasteiger partial charge in [0.1, 0.15) is 0 Å². The van der Waals surface area contributed by atoms with Crippen molar-refractivity contribution < 1.29 is 18.3 Å². The summed E-state index contributed by atoms with van der Waals surface area (Å²) in [5.41, 5.74) is 0.459. The zero-order valence-corrected chi connectivity index (χ0v) is 10.4. The van der Waals surface area contributed by atoms with Crippen molar-refractivity contribution in [1.82, 2.24) is 0 Å². The molecule has 0 fully saturated rings. The molecule has 94 valence electrons. The van der Waals surface area contributed by atoms with E-state index in [0.29, 0.717) is 18.5 Å². The van der Waals surface area contributed by atoms with Gasteiger partial charge in [-0.25, -0.2) is 8.78 Å². The van der Waals surface area contributed by atoms with Gasteiger partial charge in [-0.3, -0.25) is 4.79 Å². The number of hydrogen-bond donors (Lipinski definition) is 0. The Hall–Kier alpha value is -1.59. The summed E-state index contributed by atoms with van der Waals surface area (Å²) < 4.78 is 32.2. The van der Waals surface area contributed by atoms with E-state index >= 15 is 0 Å². The van der Waals surface area contributed by atoms with E-state index in [-0.39, 0.29) is 11.1 Å². The molecule has 2 aromatic rings. The van der Waals surface area contributed by atoms with Crippen LogP contribution in [0, 0.1) is 11.6 Å². The molecule has 18 heavy (non-hydrogen) atoms. The second kappa shape index (κ2) is 5.37. The Balaban J connectivity index is 2.44. The van der Waals surface area contributed by atoms with E-state index in [1.807, 2.05) is 0 Å². The Labute approximate surface area is 107 Å². The zero-order valence-electron chi connectivity index (χ0n) is 9.57. The van der Waals surface area contributed by atoms with Gasteiger partial charge >= 0.3 is 0 Å². The topological polar surface area (TPSA) is 26.3 Å². The first kappa shape index (κ1) is 12.9. The molecule has 0 atom stereocenters. The Morgan fingerprint density at radius 1 is 1.33 bits per heavy atom. The lowest BCUT2D eigenvalue weighted by atomic mass is 10.1. The summed E-state index contributed by atoms with van der Waals surface area (Å²) >= 11 is 1.41. The molecule has 0 N–H and O–H groups in total. The fraction of sp³-hybridized carbons (Fsp3) is 0.154. The van der Waals surface area contributed by atoms with Crippen LogP contribution in [0.2, 0.25) is 0 Å². The van der Waals surface area contributed by atoms with Gasteiger partial charge in [0.05, 0.1) is 12.2 Å². The number of methoxy groups -OCH3 is 1. The fourth-order valence-electron chi connectivity index (χ4n) is 1.62. The number of hydrogen-bond acceptors (Lipinski definition) is 3. The lowest BCUT2D eigenvalue weighted by molar-refractivity contribution is 0.111. The molecule has 0 radical (unpaired) electrons. The fourth-order valence-corrected chi connectivity index (χ4v) is 2.47. The summed E-state index contributed by atoms with van der Waals surface area (Å²) in [6, 6.07) is 4.42. The normalized spacial score (nSPS) is 10.6. The molecule has 0 saturated heterocycles. The van der Waals surface area contributed by atoms with E-state index in [0.717, 1.165) is 4.88 Å². The average Bonchev–Trinajstić information content (AvgIpc) is 2.81. The highest BCUT2D eigenvalue weighted by atomic mass is 32.1. The lowest BCUT2D eigenvalue weighted by Gasteiger charge is -2.03. The molecule has 1 aromatic heterocycles. The molecule has 0 spiro atoms. The van der Waals surface area contributed by atoms with Crippen molar-refractivity contribution in [2.45, 2.75) is 6.61 Å². The number of rotatable bonds is 4. The van der Waals surface area contributed by atoms with Crippen LogP contribution >= 0.6 is 11.3 Å². The summed E-state index contributed by atoms with van der Waals surface area (Å²) in [6.07, 6.45) is 0.298. The van der Waals surface area contributed by atoms with Gasteiger partial charge in [0.25, 0.3) is 0 Å². The molecule has 1 aromatic carbocycles. The first-order chi connectivity index (χ1) is 8.67. The predicted octanol–water partition coefficient (Wildman–Crippen LogP) is 3.65. The van der Waals surface area contributed by atoms with Crippen molar-refractivity contribution in [3.05, 3.63) is 45.7 Å². The van der Waals surface area contributed by atoms with E-state index in [1.54, 1.807) is 18.6 Å². The van der Waals surface area contributed by atoms with E-state index in [9.17, 15) is 13.6 Å². The predicted molar refractivity (Wildman–Crippen MR) is 65.8 cm³/mol. The summed E-state index contributed by atoms with van der Waals surface area (Å²) in [5.74, 6) is -2.11. The summed E-state index contributed by atoms with van der Waals surface area (Å²) in [6.45, 7) is 0.432. The number of aldehydes is 1. The second-order valence-corrected chi connectivity index (χ2v) is 4.68. The maximum Gasteiger partial charge on any atom is 0.169 e. The molecule has 0 aliphatic heterocycles. The third-order valence-electron chi connectivity index (χ3n) is 2.49. The van der Waals surface area contributed by atoms with Gasteiger partial charge in [-0.15, -0.1) is 11.3 Å². The minimum atomic E-state index is -1.11. The number of ether oxygens (including phenoxy) is 1.